The van der Waals surface area contributed by atoms with Crippen LogP contribution in [0.1, 0.15) is 35.5 Å². The molecule has 0 aliphatic carbocycles. The summed E-state index contributed by atoms with van der Waals surface area (Å²) in [7, 11) is 0. The minimum absolute atomic E-state index is 0.0714. The Morgan fingerprint density at radius 2 is 1.67 bits per heavy atom. The van der Waals surface area contributed by atoms with Gasteiger partial charge in [-0.1, -0.05) is 71.4 Å². The van der Waals surface area contributed by atoms with Gasteiger partial charge in [-0.25, -0.2) is 4.79 Å². The summed E-state index contributed by atoms with van der Waals surface area (Å²) in [5.74, 6) is 0.522. The van der Waals surface area contributed by atoms with Crippen LogP contribution in [0.3, 0.4) is 0 Å². The zero-order chi connectivity index (χ0) is 25.4. The Kier molecular flexibility index (Phi) is 5.83. The predicted octanol–water partition coefficient (Wildman–Crippen LogP) is 6.77. The van der Waals surface area contributed by atoms with E-state index in [9.17, 15) is 18.0 Å². The van der Waals surface area contributed by atoms with Gasteiger partial charge in [0.25, 0.3) is 5.89 Å². The van der Waals surface area contributed by atoms with Crippen molar-refractivity contribution in [3.05, 3.63) is 107 Å². The molecule has 5 rings (SSSR count). The molecule has 36 heavy (non-hydrogen) atoms. The fraction of sp³-hybridized carbons (Fsp3) is 0.148. The number of aromatic nitrogens is 2. The summed E-state index contributed by atoms with van der Waals surface area (Å²) in [4.78, 5) is 19.0. The quantitative estimate of drug-likeness (QED) is 0.343. The summed E-state index contributed by atoms with van der Waals surface area (Å²) in [6.07, 6.45) is -4.55. The average molecular weight is 490 g/mol. The van der Waals surface area contributed by atoms with Gasteiger partial charge in [0.2, 0.25) is 5.82 Å². The van der Waals surface area contributed by atoms with Crippen LogP contribution in [0.25, 0.3) is 17.0 Å². The molecule has 2 heterocycles. The van der Waals surface area contributed by atoms with Crippen molar-refractivity contribution in [2.75, 3.05) is 4.90 Å². The van der Waals surface area contributed by atoms with Gasteiger partial charge in [0.05, 0.1) is 22.9 Å². The molecule has 9 heteroatoms. The lowest BCUT2D eigenvalue weighted by Crippen LogP contribution is -2.46. The normalized spacial score (nSPS) is 16.3. The summed E-state index contributed by atoms with van der Waals surface area (Å²) >= 11 is 0. The number of aryl methyl sites for hydroxylation is 1. The average Bonchev–Trinajstić information content (AvgIpc) is 3.34. The van der Waals surface area contributed by atoms with Gasteiger partial charge in [-0.2, -0.15) is 18.2 Å². The Morgan fingerprint density at radius 1 is 0.944 bits per heavy atom. The molecule has 0 bridgehead atoms. The molecule has 1 aliphatic heterocycles. The lowest BCUT2D eigenvalue weighted by molar-refractivity contribution is -0.137. The zero-order valence-electron chi connectivity index (χ0n) is 19.4. The number of hydrogen-bond donors (Lipinski definition) is 1. The highest BCUT2D eigenvalue weighted by Crippen LogP contribution is 2.40. The van der Waals surface area contributed by atoms with E-state index < -0.39 is 23.8 Å². The van der Waals surface area contributed by atoms with E-state index in [0.29, 0.717) is 17.1 Å². The maximum Gasteiger partial charge on any atom is 0.416 e. The SMILES string of the molecule is CC1=C(c2nc(-c3ccc(C)cc3)no2)C(c2ccccc2)NC(=O)N1c1cccc(C(F)(F)F)c1. The summed E-state index contributed by atoms with van der Waals surface area (Å²) in [6, 6.07) is 20.2. The third kappa shape index (κ3) is 4.35. The molecule has 6 nitrogen and oxygen atoms in total. The summed E-state index contributed by atoms with van der Waals surface area (Å²) < 4.78 is 45.8. The monoisotopic (exact) mass is 490 g/mol. The lowest BCUT2D eigenvalue weighted by Gasteiger charge is -2.35. The maximum absolute atomic E-state index is 13.4. The number of alkyl halides is 3. The molecule has 0 saturated heterocycles. The predicted molar refractivity (Wildman–Crippen MR) is 129 cm³/mol. The van der Waals surface area contributed by atoms with Gasteiger partial charge in [-0.05, 0) is 37.6 Å². The third-order valence-electron chi connectivity index (χ3n) is 6.02. The van der Waals surface area contributed by atoms with E-state index in [1.165, 1.54) is 17.0 Å². The van der Waals surface area contributed by atoms with Crippen LogP contribution in [0.2, 0.25) is 0 Å². The Bertz CT molecular complexity index is 1440. The Morgan fingerprint density at radius 3 is 2.36 bits per heavy atom. The molecule has 1 aliphatic rings. The Hall–Kier alpha value is -4.40. The molecular weight excluding hydrogens is 469 g/mol. The topological polar surface area (TPSA) is 71.3 Å². The number of nitrogens with zero attached hydrogens (tertiary/aromatic N) is 3. The smallest absolute Gasteiger partial charge is 0.334 e. The van der Waals surface area contributed by atoms with Crippen LogP contribution in [0.5, 0.6) is 0 Å². The second-order valence-corrected chi connectivity index (χ2v) is 8.46. The zero-order valence-corrected chi connectivity index (χ0v) is 19.4. The molecule has 4 aromatic rings. The molecule has 3 aromatic carbocycles. The van der Waals surface area contributed by atoms with Gasteiger partial charge in [0, 0.05) is 11.3 Å². The van der Waals surface area contributed by atoms with E-state index in [0.717, 1.165) is 28.8 Å². The first-order valence-corrected chi connectivity index (χ1v) is 11.2. The number of allylic oxidation sites excluding steroid dienone is 1. The Labute approximate surface area is 205 Å². The van der Waals surface area contributed by atoms with Crippen molar-refractivity contribution in [3.8, 4) is 11.4 Å². The number of nitrogens with one attached hydrogen (secondary N) is 1. The molecule has 1 aromatic heterocycles. The van der Waals surface area contributed by atoms with Crippen LogP contribution >= 0.6 is 0 Å². The molecule has 0 spiro atoms. The highest BCUT2D eigenvalue weighted by atomic mass is 19.4. The van der Waals surface area contributed by atoms with Crippen LogP contribution in [-0.2, 0) is 6.18 Å². The van der Waals surface area contributed by atoms with Crippen molar-refractivity contribution >= 4 is 17.3 Å². The number of carbonyl (C=O) groups is 1. The first-order chi connectivity index (χ1) is 17.2. The molecule has 0 fully saturated rings. The lowest BCUT2D eigenvalue weighted by atomic mass is 9.94. The van der Waals surface area contributed by atoms with Crippen molar-refractivity contribution < 1.29 is 22.5 Å². The fourth-order valence-corrected chi connectivity index (χ4v) is 4.20. The standard InChI is InChI=1S/C27H21F3N4O2/c1-16-11-13-19(14-12-16)24-32-25(36-33-24)22-17(2)34(21-10-6-9-20(15-21)27(28,29)30)26(35)31-23(22)18-7-4-3-5-8-18/h3-15,23H,1-2H3,(H,31,35). The van der Waals surface area contributed by atoms with Crippen LogP contribution in [0.4, 0.5) is 23.7 Å². The fourth-order valence-electron chi connectivity index (χ4n) is 4.20. The molecule has 1 N–H and O–H groups in total. The van der Waals surface area contributed by atoms with E-state index in [1.807, 2.05) is 61.5 Å². The van der Waals surface area contributed by atoms with Gasteiger partial charge in [-0.15, -0.1) is 0 Å². The number of urea groups is 1. The van der Waals surface area contributed by atoms with Gasteiger partial charge in [0.15, 0.2) is 0 Å². The van der Waals surface area contributed by atoms with Crippen molar-refractivity contribution in [1.29, 1.82) is 0 Å². The number of anilines is 1. The second-order valence-electron chi connectivity index (χ2n) is 8.46. The van der Waals surface area contributed by atoms with Crippen LogP contribution in [-0.4, -0.2) is 16.2 Å². The second kappa shape index (κ2) is 8.99. The van der Waals surface area contributed by atoms with E-state index in [4.69, 9.17) is 4.52 Å². The minimum Gasteiger partial charge on any atom is -0.334 e. The number of amides is 2. The van der Waals surface area contributed by atoms with Crippen LogP contribution in [0.15, 0.2) is 89.1 Å². The molecule has 1 atom stereocenters. The molecule has 2 amide bonds. The van der Waals surface area contributed by atoms with E-state index in [-0.39, 0.29) is 11.6 Å². The number of hydrogen-bond acceptors (Lipinski definition) is 4. The molecule has 0 radical (unpaired) electrons. The van der Waals surface area contributed by atoms with E-state index in [2.05, 4.69) is 15.5 Å². The first-order valence-electron chi connectivity index (χ1n) is 11.2. The van der Waals surface area contributed by atoms with Crippen LogP contribution < -0.4 is 10.2 Å². The highest BCUT2D eigenvalue weighted by molar-refractivity contribution is 6.01. The van der Waals surface area contributed by atoms with Gasteiger partial charge in [-0.3, -0.25) is 4.90 Å². The van der Waals surface area contributed by atoms with Crippen LogP contribution in [0, 0.1) is 6.92 Å². The summed E-state index contributed by atoms with van der Waals surface area (Å²) in [5.41, 5.74) is 2.68. The highest BCUT2D eigenvalue weighted by Gasteiger charge is 2.37. The van der Waals surface area contributed by atoms with Crippen molar-refractivity contribution in [2.24, 2.45) is 0 Å². The molecule has 1 unspecified atom stereocenters. The number of rotatable bonds is 4. The number of carbonyl (C=O) groups excluding carboxylic acids is 1. The maximum atomic E-state index is 13.4. The third-order valence-corrected chi connectivity index (χ3v) is 6.02. The molecule has 0 saturated carbocycles. The number of benzene rings is 3. The van der Waals surface area contributed by atoms with Crippen molar-refractivity contribution in [2.45, 2.75) is 26.1 Å². The summed E-state index contributed by atoms with van der Waals surface area (Å²) in [6.45, 7) is 3.62. The Balaban J connectivity index is 1.65. The summed E-state index contributed by atoms with van der Waals surface area (Å²) in [5, 5.41) is 7.01. The molecular formula is C27H21F3N4O2. The first kappa shape index (κ1) is 23.3. The van der Waals surface area contributed by atoms with Gasteiger partial charge >= 0.3 is 12.2 Å². The largest absolute Gasteiger partial charge is 0.416 e. The van der Waals surface area contributed by atoms with E-state index in [1.54, 1.807) is 6.92 Å². The van der Waals surface area contributed by atoms with Gasteiger partial charge in [0.1, 0.15) is 0 Å². The minimum atomic E-state index is -4.55. The van der Waals surface area contributed by atoms with E-state index >= 15 is 0 Å². The van der Waals surface area contributed by atoms with Crippen molar-refractivity contribution in [1.82, 2.24) is 15.5 Å². The van der Waals surface area contributed by atoms with Gasteiger partial charge < -0.3 is 9.84 Å². The van der Waals surface area contributed by atoms with Crippen molar-refractivity contribution in [3.63, 3.8) is 0 Å². The molecule has 182 valence electrons. The number of halogens is 3.